The Morgan fingerprint density at radius 2 is 2.29 bits per heavy atom. The quantitative estimate of drug-likeness (QED) is 0.630. The number of hydrogen-bond acceptors (Lipinski definition) is 4. The predicted molar refractivity (Wildman–Crippen MR) is 55.4 cm³/mol. The minimum atomic E-state index is -1.08. The van der Waals surface area contributed by atoms with Gasteiger partial charge in [0.1, 0.15) is 11.9 Å². The Morgan fingerprint density at radius 3 is 2.82 bits per heavy atom. The van der Waals surface area contributed by atoms with E-state index in [2.05, 4.69) is 0 Å². The van der Waals surface area contributed by atoms with Crippen LogP contribution in [0.15, 0.2) is 18.2 Å². The summed E-state index contributed by atoms with van der Waals surface area (Å²) < 4.78 is 17.9. The number of halogens is 1. The van der Waals surface area contributed by atoms with Crippen LogP contribution < -0.4 is 4.74 Å². The van der Waals surface area contributed by atoms with E-state index in [9.17, 15) is 19.3 Å². The van der Waals surface area contributed by atoms with E-state index >= 15 is 0 Å². The predicted octanol–water partition coefficient (Wildman–Crippen LogP) is 1.98. The number of nitrogens with zero attached hydrogens (tertiary/aromatic N) is 1. The zero-order chi connectivity index (χ0) is 13.0. The normalized spacial score (nSPS) is 11.9. The van der Waals surface area contributed by atoms with Crippen LogP contribution in [0.5, 0.6) is 5.75 Å². The summed E-state index contributed by atoms with van der Waals surface area (Å²) in [6.45, 7) is 1.46. The summed E-state index contributed by atoms with van der Waals surface area (Å²) in [5.74, 6) is -1.98. The van der Waals surface area contributed by atoms with E-state index in [0.717, 1.165) is 18.2 Å². The Balaban J connectivity index is 2.90. The van der Waals surface area contributed by atoms with Crippen molar-refractivity contribution in [2.45, 2.75) is 19.4 Å². The van der Waals surface area contributed by atoms with Gasteiger partial charge in [0.25, 0.3) is 0 Å². The third kappa shape index (κ3) is 3.71. The number of rotatable bonds is 5. The molecule has 92 valence electrons. The summed E-state index contributed by atoms with van der Waals surface area (Å²) in [7, 11) is 0. The number of hydrogen-bond donors (Lipinski definition) is 1. The van der Waals surface area contributed by atoms with Gasteiger partial charge in [-0.1, -0.05) is 0 Å². The monoisotopic (exact) mass is 243 g/mol. The Bertz CT molecular complexity index is 448. The molecule has 1 N–H and O–H groups in total. The van der Waals surface area contributed by atoms with Crippen LogP contribution in [0.25, 0.3) is 0 Å². The van der Waals surface area contributed by atoms with Crippen molar-refractivity contribution in [2.75, 3.05) is 0 Å². The molecule has 0 radical (unpaired) electrons. The van der Waals surface area contributed by atoms with Crippen LogP contribution in [0.3, 0.4) is 0 Å². The van der Waals surface area contributed by atoms with Crippen molar-refractivity contribution in [2.24, 2.45) is 0 Å². The third-order valence-corrected chi connectivity index (χ3v) is 1.91. The molecule has 0 aliphatic carbocycles. The van der Waals surface area contributed by atoms with Gasteiger partial charge >= 0.3 is 11.7 Å². The number of carboxylic acid groups (broad SMARTS) is 1. The molecule has 0 saturated carbocycles. The van der Waals surface area contributed by atoms with E-state index < -0.39 is 28.5 Å². The van der Waals surface area contributed by atoms with Gasteiger partial charge in [-0.05, 0) is 19.1 Å². The number of benzene rings is 1. The number of nitro benzene ring substituents is 1. The number of nitro groups is 1. The van der Waals surface area contributed by atoms with Crippen LogP contribution in [-0.2, 0) is 4.79 Å². The summed E-state index contributed by atoms with van der Waals surface area (Å²) in [5, 5.41) is 19.1. The lowest BCUT2D eigenvalue weighted by molar-refractivity contribution is -0.386. The van der Waals surface area contributed by atoms with Gasteiger partial charge in [0.15, 0.2) is 5.75 Å². The average molecular weight is 243 g/mol. The van der Waals surface area contributed by atoms with Gasteiger partial charge in [-0.3, -0.25) is 14.9 Å². The molecule has 0 unspecified atom stereocenters. The highest BCUT2D eigenvalue weighted by Gasteiger charge is 2.19. The van der Waals surface area contributed by atoms with Crippen LogP contribution in [0, 0.1) is 15.9 Å². The fourth-order valence-corrected chi connectivity index (χ4v) is 1.24. The summed E-state index contributed by atoms with van der Waals surface area (Å²) in [6.07, 6.45) is -1.04. The third-order valence-electron chi connectivity index (χ3n) is 1.91. The van der Waals surface area contributed by atoms with E-state index in [1.165, 1.54) is 6.92 Å². The number of carboxylic acids is 1. The second-order valence-corrected chi connectivity index (χ2v) is 3.40. The maximum atomic E-state index is 12.8. The minimum Gasteiger partial charge on any atom is -0.483 e. The fraction of sp³-hybridized carbons (Fsp3) is 0.300. The lowest BCUT2D eigenvalue weighted by Gasteiger charge is -2.12. The molecule has 1 atom stereocenters. The first kappa shape index (κ1) is 12.9. The van der Waals surface area contributed by atoms with Crippen molar-refractivity contribution in [3.8, 4) is 5.75 Å². The van der Waals surface area contributed by atoms with Gasteiger partial charge < -0.3 is 9.84 Å². The second kappa shape index (κ2) is 5.24. The van der Waals surface area contributed by atoms with E-state index in [1.807, 2.05) is 0 Å². The fourth-order valence-electron chi connectivity index (χ4n) is 1.24. The van der Waals surface area contributed by atoms with Gasteiger partial charge in [0, 0.05) is 0 Å². The first-order chi connectivity index (χ1) is 7.90. The standard InChI is InChI=1S/C10H10FNO5/c1-6(4-10(13)14)17-9-3-2-7(11)5-8(9)12(15)16/h2-3,5-6H,4H2,1H3,(H,13,14)/t6-/m0/s1. The summed E-state index contributed by atoms with van der Waals surface area (Å²) in [4.78, 5) is 20.2. The molecule has 7 heteroatoms. The topological polar surface area (TPSA) is 89.7 Å². The van der Waals surface area contributed by atoms with Gasteiger partial charge in [-0.25, -0.2) is 4.39 Å². The lowest BCUT2D eigenvalue weighted by atomic mass is 10.2. The van der Waals surface area contributed by atoms with Crippen molar-refractivity contribution in [1.29, 1.82) is 0 Å². The lowest BCUT2D eigenvalue weighted by Crippen LogP contribution is -2.17. The van der Waals surface area contributed by atoms with Gasteiger partial charge in [0.2, 0.25) is 0 Å². The van der Waals surface area contributed by atoms with Crippen molar-refractivity contribution in [3.63, 3.8) is 0 Å². The molecule has 0 bridgehead atoms. The molecule has 0 fully saturated rings. The van der Waals surface area contributed by atoms with Crippen molar-refractivity contribution in [3.05, 3.63) is 34.1 Å². The van der Waals surface area contributed by atoms with Crippen LogP contribution in [0.4, 0.5) is 10.1 Å². The summed E-state index contributed by atoms with van der Waals surface area (Å²) >= 11 is 0. The molecule has 1 aromatic rings. The first-order valence-electron chi connectivity index (χ1n) is 4.72. The number of aliphatic carboxylic acids is 1. The molecule has 0 aliphatic heterocycles. The van der Waals surface area contributed by atoms with E-state index in [-0.39, 0.29) is 12.2 Å². The smallest absolute Gasteiger partial charge is 0.313 e. The average Bonchev–Trinajstić information content (AvgIpc) is 2.19. The molecule has 1 aromatic carbocycles. The SMILES string of the molecule is C[C@@H](CC(=O)O)Oc1ccc(F)cc1[N+](=O)[O-]. The molecule has 0 heterocycles. The highest BCUT2D eigenvalue weighted by atomic mass is 19.1. The van der Waals surface area contributed by atoms with E-state index in [1.54, 1.807) is 0 Å². The summed E-state index contributed by atoms with van der Waals surface area (Å²) in [6, 6.07) is 2.84. The molecule has 0 aromatic heterocycles. The van der Waals surface area contributed by atoms with Crippen LogP contribution in [-0.4, -0.2) is 22.1 Å². The maximum absolute atomic E-state index is 12.8. The molecule has 0 aliphatic rings. The number of carbonyl (C=O) groups is 1. The Hall–Kier alpha value is -2.18. The maximum Gasteiger partial charge on any atom is 0.313 e. The molecular formula is C10H10FNO5. The summed E-state index contributed by atoms with van der Waals surface area (Å²) in [5.41, 5.74) is -0.526. The van der Waals surface area contributed by atoms with Gasteiger partial charge in [-0.2, -0.15) is 0 Å². The highest BCUT2D eigenvalue weighted by molar-refractivity contribution is 5.67. The minimum absolute atomic E-state index is 0.148. The second-order valence-electron chi connectivity index (χ2n) is 3.40. The van der Waals surface area contributed by atoms with Gasteiger partial charge in [-0.15, -0.1) is 0 Å². The zero-order valence-corrected chi connectivity index (χ0v) is 8.92. The van der Waals surface area contributed by atoms with Crippen molar-refractivity contribution >= 4 is 11.7 Å². The van der Waals surface area contributed by atoms with Gasteiger partial charge in [0.05, 0.1) is 17.4 Å². The van der Waals surface area contributed by atoms with Crippen LogP contribution in [0.1, 0.15) is 13.3 Å². The van der Waals surface area contributed by atoms with Crippen LogP contribution in [0.2, 0.25) is 0 Å². The Labute approximate surface area is 95.8 Å². The molecule has 6 nitrogen and oxygen atoms in total. The first-order valence-corrected chi connectivity index (χ1v) is 4.72. The number of ether oxygens (including phenoxy) is 1. The zero-order valence-electron chi connectivity index (χ0n) is 8.92. The highest BCUT2D eigenvalue weighted by Crippen LogP contribution is 2.28. The van der Waals surface area contributed by atoms with Crippen molar-refractivity contribution in [1.82, 2.24) is 0 Å². The molecule has 0 saturated heterocycles. The van der Waals surface area contributed by atoms with E-state index in [0.29, 0.717) is 0 Å². The van der Waals surface area contributed by atoms with Crippen molar-refractivity contribution < 1.29 is 24.0 Å². The Morgan fingerprint density at radius 1 is 1.65 bits per heavy atom. The molecule has 0 amide bonds. The molecule has 1 rings (SSSR count). The Kier molecular flexibility index (Phi) is 3.97. The van der Waals surface area contributed by atoms with E-state index in [4.69, 9.17) is 9.84 Å². The van der Waals surface area contributed by atoms with Crippen LogP contribution >= 0.6 is 0 Å². The molecular weight excluding hydrogens is 233 g/mol. The largest absolute Gasteiger partial charge is 0.483 e. The molecule has 0 spiro atoms. The molecule has 17 heavy (non-hydrogen) atoms.